The Bertz CT molecular complexity index is 639. The number of nitrogen functional groups attached to an aromatic ring is 1. The lowest BCUT2D eigenvalue weighted by Crippen LogP contribution is -2.05. The Kier molecular flexibility index (Phi) is 3.84. The Morgan fingerprint density at radius 3 is 2.40 bits per heavy atom. The van der Waals surface area contributed by atoms with Crippen molar-refractivity contribution in [3.8, 4) is 11.5 Å². The Labute approximate surface area is 113 Å². The van der Waals surface area contributed by atoms with E-state index in [1.54, 1.807) is 6.07 Å². The van der Waals surface area contributed by atoms with Gasteiger partial charge < -0.3 is 15.2 Å². The highest BCUT2D eigenvalue weighted by Crippen LogP contribution is 2.32. The van der Waals surface area contributed by atoms with Gasteiger partial charge in [-0.15, -0.1) is 0 Å². The fraction of sp³-hybridized carbons (Fsp3) is 0.0714. The van der Waals surface area contributed by atoms with E-state index in [1.807, 2.05) is 0 Å². The number of carbonyl (C=O) groups is 1. The molecule has 20 heavy (non-hydrogen) atoms. The summed E-state index contributed by atoms with van der Waals surface area (Å²) in [5, 5.41) is 0. The maximum absolute atomic E-state index is 13.1. The van der Waals surface area contributed by atoms with Gasteiger partial charge in [0.05, 0.1) is 12.8 Å². The van der Waals surface area contributed by atoms with E-state index < -0.39 is 17.6 Å². The highest BCUT2D eigenvalue weighted by Gasteiger charge is 2.17. The molecular formula is C14H11F2NO3. The molecule has 0 amide bonds. The standard InChI is InChI=1S/C14H11F2NO3/c1-19-14(18)11-3-2-4-12(17)13(11)20-10-6-8(15)5-9(16)7-10/h2-7H,17H2,1H3. The third-order valence-electron chi connectivity index (χ3n) is 2.51. The number of hydrogen-bond donors (Lipinski definition) is 1. The fourth-order valence-corrected chi connectivity index (χ4v) is 1.64. The molecule has 6 heteroatoms. The van der Waals surface area contributed by atoms with Gasteiger partial charge in [-0.3, -0.25) is 0 Å². The molecule has 0 aliphatic heterocycles. The minimum absolute atomic E-state index is 0.00986. The number of esters is 1. The van der Waals surface area contributed by atoms with E-state index in [0.717, 1.165) is 12.1 Å². The van der Waals surface area contributed by atoms with Crippen LogP contribution < -0.4 is 10.5 Å². The van der Waals surface area contributed by atoms with Gasteiger partial charge in [0.1, 0.15) is 22.9 Å². The average Bonchev–Trinajstić information content (AvgIpc) is 2.39. The molecule has 2 rings (SSSR count). The molecule has 0 saturated carbocycles. The highest BCUT2D eigenvalue weighted by atomic mass is 19.1. The maximum atomic E-state index is 13.1. The number of para-hydroxylation sites is 1. The molecule has 0 heterocycles. The number of rotatable bonds is 3. The first-order valence-electron chi connectivity index (χ1n) is 5.62. The molecule has 0 spiro atoms. The van der Waals surface area contributed by atoms with Crippen molar-refractivity contribution in [1.82, 2.24) is 0 Å². The van der Waals surface area contributed by atoms with E-state index in [1.165, 1.54) is 19.2 Å². The quantitative estimate of drug-likeness (QED) is 0.692. The van der Waals surface area contributed by atoms with E-state index >= 15 is 0 Å². The summed E-state index contributed by atoms with van der Waals surface area (Å²) in [6, 6.07) is 7.15. The van der Waals surface area contributed by atoms with Crippen LogP contribution in [-0.2, 0) is 4.74 Å². The number of carbonyl (C=O) groups excluding carboxylic acids is 1. The van der Waals surface area contributed by atoms with Gasteiger partial charge in [0.2, 0.25) is 0 Å². The molecule has 0 saturated heterocycles. The average molecular weight is 279 g/mol. The number of methoxy groups -OCH3 is 1. The van der Waals surface area contributed by atoms with Crippen LogP contribution in [-0.4, -0.2) is 13.1 Å². The minimum Gasteiger partial charge on any atom is -0.465 e. The largest absolute Gasteiger partial charge is 0.465 e. The second kappa shape index (κ2) is 5.56. The molecule has 0 fully saturated rings. The lowest BCUT2D eigenvalue weighted by atomic mass is 10.1. The summed E-state index contributed by atoms with van der Waals surface area (Å²) in [7, 11) is 1.21. The molecule has 0 bridgehead atoms. The zero-order valence-corrected chi connectivity index (χ0v) is 10.5. The molecule has 2 aromatic carbocycles. The lowest BCUT2D eigenvalue weighted by Gasteiger charge is -2.12. The van der Waals surface area contributed by atoms with Gasteiger partial charge in [-0.2, -0.15) is 0 Å². The van der Waals surface area contributed by atoms with Crippen molar-refractivity contribution >= 4 is 11.7 Å². The zero-order valence-electron chi connectivity index (χ0n) is 10.5. The molecule has 2 aromatic rings. The van der Waals surface area contributed by atoms with Crippen LogP contribution in [0, 0.1) is 11.6 Å². The van der Waals surface area contributed by atoms with Crippen molar-refractivity contribution in [1.29, 1.82) is 0 Å². The third-order valence-corrected chi connectivity index (χ3v) is 2.51. The monoisotopic (exact) mass is 279 g/mol. The third kappa shape index (κ3) is 2.85. The topological polar surface area (TPSA) is 61.5 Å². The maximum Gasteiger partial charge on any atom is 0.341 e. The van der Waals surface area contributed by atoms with E-state index in [0.29, 0.717) is 6.07 Å². The molecule has 0 aliphatic carbocycles. The van der Waals surface area contributed by atoms with Gasteiger partial charge in [-0.1, -0.05) is 6.07 Å². The number of benzene rings is 2. The molecule has 2 N–H and O–H groups in total. The number of ether oxygens (including phenoxy) is 2. The molecule has 104 valence electrons. The smallest absolute Gasteiger partial charge is 0.341 e. The van der Waals surface area contributed by atoms with Crippen LogP contribution in [0.3, 0.4) is 0 Å². The Morgan fingerprint density at radius 1 is 1.15 bits per heavy atom. The first-order valence-corrected chi connectivity index (χ1v) is 5.62. The summed E-state index contributed by atoms with van der Waals surface area (Å²) in [5.74, 6) is -2.37. The van der Waals surface area contributed by atoms with Crippen molar-refractivity contribution in [2.45, 2.75) is 0 Å². The SMILES string of the molecule is COC(=O)c1cccc(N)c1Oc1cc(F)cc(F)c1. The van der Waals surface area contributed by atoms with Gasteiger partial charge in [0, 0.05) is 18.2 Å². The summed E-state index contributed by atoms with van der Waals surface area (Å²) in [5.41, 5.74) is 5.93. The van der Waals surface area contributed by atoms with Crippen LogP contribution in [0.2, 0.25) is 0 Å². The van der Waals surface area contributed by atoms with E-state index in [-0.39, 0.29) is 22.7 Å². The first-order chi connectivity index (χ1) is 9.51. The molecule has 0 atom stereocenters. The predicted octanol–water partition coefficient (Wildman–Crippen LogP) is 3.13. The van der Waals surface area contributed by atoms with Crippen molar-refractivity contribution in [2.75, 3.05) is 12.8 Å². The molecular weight excluding hydrogens is 268 g/mol. The highest BCUT2D eigenvalue weighted by molar-refractivity contribution is 5.94. The van der Waals surface area contributed by atoms with Gasteiger partial charge >= 0.3 is 5.97 Å². The number of hydrogen-bond acceptors (Lipinski definition) is 4. The van der Waals surface area contributed by atoms with Crippen molar-refractivity contribution in [3.63, 3.8) is 0 Å². The van der Waals surface area contributed by atoms with Crippen LogP contribution in [0.1, 0.15) is 10.4 Å². The summed E-state index contributed by atoms with van der Waals surface area (Å²) in [6.45, 7) is 0. The summed E-state index contributed by atoms with van der Waals surface area (Å²) in [4.78, 5) is 11.6. The van der Waals surface area contributed by atoms with E-state index in [4.69, 9.17) is 10.5 Å². The number of nitrogens with two attached hydrogens (primary N) is 1. The van der Waals surface area contributed by atoms with Crippen LogP contribution in [0.25, 0.3) is 0 Å². The summed E-state index contributed by atoms with van der Waals surface area (Å²) < 4.78 is 36.1. The number of halogens is 2. The van der Waals surface area contributed by atoms with Gasteiger partial charge in [-0.25, -0.2) is 13.6 Å². The van der Waals surface area contributed by atoms with Gasteiger partial charge in [-0.05, 0) is 12.1 Å². The first kappa shape index (κ1) is 13.8. The zero-order chi connectivity index (χ0) is 14.7. The van der Waals surface area contributed by atoms with E-state index in [2.05, 4.69) is 4.74 Å². The molecule has 0 unspecified atom stereocenters. The predicted molar refractivity (Wildman–Crippen MR) is 68.6 cm³/mol. The Hall–Kier alpha value is -2.63. The summed E-state index contributed by atoms with van der Waals surface area (Å²) >= 11 is 0. The number of anilines is 1. The van der Waals surface area contributed by atoms with Crippen LogP contribution in [0.4, 0.5) is 14.5 Å². The Morgan fingerprint density at radius 2 is 1.80 bits per heavy atom. The molecule has 0 aromatic heterocycles. The van der Waals surface area contributed by atoms with E-state index in [9.17, 15) is 13.6 Å². The molecule has 0 aliphatic rings. The summed E-state index contributed by atoms with van der Waals surface area (Å²) in [6.07, 6.45) is 0. The van der Waals surface area contributed by atoms with Crippen LogP contribution >= 0.6 is 0 Å². The van der Waals surface area contributed by atoms with Gasteiger partial charge in [0.25, 0.3) is 0 Å². The van der Waals surface area contributed by atoms with Crippen LogP contribution in [0.5, 0.6) is 11.5 Å². The minimum atomic E-state index is -0.797. The van der Waals surface area contributed by atoms with Crippen LogP contribution in [0.15, 0.2) is 36.4 Å². The normalized spacial score (nSPS) is 10.2. The van der Waals surface area contributed by atoms with Crippen molar-refractivity contribution < 1.29 is 23.0 Å². The van der Waals surface area contributed by atoms with Gasteiger partial charge in [0.15, 0.2) is 5.75 Å². The Balaban J connectivity index is 2.44. The fourth-order valence-electron chi connectivity index (χ4n) is 1.64. The van der Waals surface area contributed by atoms with Crippen molar-refractivity contribution in [3.05, 3.63) is 53.6 Å². The second-order valence-corrected chi connectivity index (χ2v) is 3.92. The lowest BCUT2D eigenvalue weighted by molar-refractivity contribution is 0.0598. The van der Waals surface area contributed by atoms with Crippen molar-refractivity contribution in [2.24, 2.45) is 0 Å². The second-order valence-electron chi connectivity index (χ2n) is 3.92. The molecule has 0 radical (unpaired) electrons. The molecule has 4 nitrogen and oxygen atoms in total.